The Balaban J connectivity index is 2.03. The Kier molecular flexibility index (Phi) is 4.42. The molecule has 2 rings (SSSR count). The lowest BCUT2D eigenvalue weighted by Gasteiger charge is -2.15. The van der Waals surface area contributed by atoms with Gasteiger partial charge in [0.15, 0.2) is 11.5 Å². The number of rotatable bonds is 5. The first-order valence-electron chi connectivity index (χ1n) is 6.35. The van der Waals surface area contributed by atoms with Crippen LogP contribution in [0.4, 0.5) is 0 Å². The van der Waals surface area contributed by atoms with Crippen LogP contribution in [0, 0.1) is 0 Å². The number of aromatic hydroxyl groups is 1. The number of hydrogen-bond acceptors (Lipinski definition) is 3. The van der Waals surface area contributed by atoms with Crippen LogP contribution in [-0.2, 0) is 6.54 Å². The zero-order chi connectivity index (χ0) is 13.7. The summed E-state index contributed by atoms with van der Waals surface area (Å²) in [6, 6.07) is 16.0. The second-order valence-corrected chi connectivity index (χ2v) is 4.48. The standard InChI is InChI=1S/C16H19NO2/c1-12(13-7-4-3-5-8-13)17-11-14-9-6-10-15(19-2)16(14)18/h3-10,12,17-18H,11H2,1-2H3. The molecule has 0 bridgehead atoms. The summed E-state index contributed by atoms with van der Waals surface area (Å²) >= 11 is 0. The van der Waals surface area contributed by atoms with Gasteiger partial charge in [-0.3, -0.25) is 0 Å². The minimum absolute atomic E-state index is 0.206. The number of methoxy groups -OCH3 is 1. The molecule has 0 heterocycles. The molecule has 0 aliphatic rings. The van der Waals surface area contributed by atoms with Gasteiger partial charge in [0.1, 0.15) is 0 Å². The Labute approximate surface area is 113 Å². The number of benzene rings is 2. The van der Waals surface area contributed by atoms with Crippen molar-refractivity contribution in [3.63, 3.8) is 0 Å². The minimum atomic E-state index is 0.206. The van der Waals surface area contributed by atoms with E-state index < -0.39 is 0 Å². The van der Waals surface area contributed by atoms with Gasteiger partial charge in [0.05, 0.1) is 7.11 Å². The van der Waals surface area contributed by atoms with Crippen LogP contribution >= 0.6 is 0 Å². The maximum absolute atomic E-state index is 10.0. The van der Waals surface area contributed by atoms with Crippen LogP contribution < -0.4 is 10.1 Å². The molecule has 2 N–H and O–H groups in total. The highest BCUT2D eigenvalue weighted by Gasteiger charge is 2.09. The number of para-hydroxylation sites is 1. The molecule has 100 valence electrons. The van der Waals surface area contributed by atoms with E-state index in [4.69, 9.17) is 4.74 Å². The first kappa shape index (κ1) is 13.4. The van der Waals surface area contributed by atoms with Gasteiger partial charge in [-0.15, -0.1) is 0 Å². The molecule has 2 aromatic carbocycles. The Morgan fingerprint density at radius 2 is 1.84 bits per heavy atom. The summed E-state index contributed by atoms with van der Waals surface area (Å²) in [5, 5.41) is 13.4. The summed E-state index contributed by atoms with van der Waals surface area (Å²) in [5.41, 5.74) is 2.06. The van der Waals surface area contributed by atoms with E-state index in [2.05, 4.69) is 24.4 Å². The van der Waals surface area contributed by atoms with Crippen molar-refractivity contribution in [1.29, 1.82) is 0 Å². The normalized spacial score (nSPS) is 12.1. The third-order valence-electron chi connectivity index (χ3n) is 3.20. The predicted molar refractivity (Wildman–Crippen MR) is 76.4 cm³/mol. The monoisotopic (exact) mass is 257 g/mol. The number of nitrogens with one attached hydrogen (secondary N) is 1. The fourth-order valence-electron chi connectivity index (χ4n) is 2.00. The van der Waals surface area contributed by atoms with Crippen molar-refractivity contribution in [2.75, 3.05) is 7.11 Å². The van der Waals surface area contributed by atoms with Crippen LogP contribution in [-0.4, -0.2) is 12.2 Å². The third kappa shape index (κ3) is 3.26. The third-order valence-corrected chi connectivity index (χ3v) is 3.20. The lowest BCUT2D eigenvalue weighted by Crippen LogP contribution is -2.18. The van der Waals surface area contributed by atoms with Gasteiger partial charge < -0.3 is 15.2 Å². The number of hydrogen-bond donors (Lipinski definition) is 2. The molecule has 0 spiro atoms. The Morgan fingerprint density at radius 3 is 2.53 bits per heavy atom. The molecular formula is C16H19NO2. The summed E-state index contributed by atoms with van der Waals surface area (Å²) in [6.07, 6.45) is 0. The fraction of sp³-hybridized carbons (Fsp3) is 0.250. The molecule has 0 aliphatic carbocycles. The highest BCUT2D eigenvalue weighted by Crippen LogP contribution is 2.29. The molecule has 0 saturated heterocycles. The molecule has 3 heteroatoms. The van der Waals surface area contributed by atoms with Crippen LogP contribution in [0.25, 0.3) is 0 Å². The van der Waals surface area contributed by atoms with E-state index in [-0.39, 0.29) is 11.8 Å². The second kappa shape index (κ2) is 6.25. The molecule has 0 fully saturated rings. The van der Waals surface area contributed by atoms with Crippen molar-refractivity contribution < 1.29 is 9.84 Å². The van der Waals surface area contributed by atoms with Gasteiger partial charge >= 0.3 is 0 Å². The van der Waals surface area contributed by atoms with E-state index in [1.54, 1.807) is 13.2 Å². The van der Waals surface area contributed by atoms with Crippen molar-refractivity contribution in [3.8, 4) is 11.5 Å². The van der Waals surface area contributed by atoms with Gasteiger partial charge in [-0.05, 0) is 18.6 Å². The van der Waals surface area contributed by atoms with Gasteiger partial charge in [-0.2, -0.15) is 0 Å². The molecule has 0 amide bonds. The van der Waals surface area contributed by atoms with Crippen LogP contribution in [0.15, 0.2) is 48.5 Å². The summed E-state index contributed by atoms with van der Waals surface area (Å²) in [5.74, 6) is 0.712. The van der Waals surface area contributed by atoms with Gasteiger partial charge in [0.25, 0.3) is 0 Å². The van der Waals surface area contributed by atoms with Crippen molar-refractivity contribution in [3.05, 3.63) is 59.7 Å². The zero-order valence-electron chi connectivity index (χ0n) is 11.3. The van der Waals surface area contributed by atoms with Crippen LogP contribution in [0.3, 0.4) is 0 Å². The Morgan fingerprint density at radius 1 is 1.11 bits per heavy atom. The highest BCUT2D eigenvalue weighted by atomic mass is 16.5. The number of phenolic OH excluding ortho intramolecular Hbond substituents is 1. The number of phenols is 1. The Hall–Kier alpha value is -2.00. The molecule has 3 nitrogen and oxygen atoms in total. The second-order valence-electron chi connectivity index (χ2n) is 4.48. The van der Waals surface area contributed by atoms with E-state index >= 15 is 0 Å². The van der Waals surface area contributed by atoms with E-state index in [1.807, 2.05) is 30.3 Å². The average molecular weight is 257 g/mol. The molecule has 2 aromatic rings. The summed E-state index contributed by atoms with van der Waals surface area (Å²) in [7, 11) is 1.55. The first-order valence-corrected chi connectivity index (χ1v) is 6.35. The molecule has 1 unspecified atom stereocenters. The highest BCUT2D eigenvalue weighted by molar-refractivity contribution is 5.45. The van der Waals surface area contributed by atoms with Gasteiger partial charge in [-0.1, -0.05) is 42.5 Å². The van der Waals surface area contributed by atoms with E-state index in [0.29, 0.717) is 12.3 Å². The van der Waals surface area contributed by atoms with Crippen molar-refractivity contribution in [2.45, 2.75) is 19.5 Å². The smallest absolute Gasteiger partial charge is 0.162 e. The SMILES string of the molecule is COc1cccc(CNC(C)c2ccccc2)c1O. The summed E-state index contributed by atoms with van der Waals surface area (Å²) < 4.78 is 5.10. The van der Waals surface area contributed by atoms with Crippen molar-refractivity contribution >= 4 is 0 Å². The van der Waals surface area contributed by atoms with Gasteiger partial charge in [0.2, 0.25) is 0 Å². The summed E-state index contributed by atoms with van der Waals surface area (Å²) in [4.78, 5) is 0. The maximum atomic E-state index is 10.0. The Bertz CT molecular complexity index is 526. The van der Waals surface area contributed by atoms with E-state index in [0.717, 1.165) is 5.56 Å². The van der Waals surface area contributed by atoms with E-state index in [1.165, 1.54) is 5.56 Å². The first-order chi connectivity index (χ1) is 9.22. The lowest BCUT2D eigenvalue weighted by atomic mass is 10.1. The zero-order valence-corrected chi connectivity index (χ0v) is 11.3. The average Bonchev–Trinajstić information content (AvgIpc) is 2.47. The number of ether oxygens (including phenoxy) is 1. The molecule has 0 aliphatic heterocycles. The molecule has 0 aromatic heterocycles. The van der Waals surface area contributed by atoms with Crippen LogP contribution in [0.5, 0.6) is 11.5 Å². The lowest BCUT2D eigenvalue weighted by molar-refractivity contribution is 0.369. The topological polar surface area (TPSA) is 41.5 Å². The van der Waals surface area contributed by atoms with Crippen LogP contribution in [0.2, 0.25) is 0 Å². The molecule has 0 radical (unpaired) electrons. The molecular weight excluding hydrogens is 238 g/mol. The molecule has 0 saturated carbocycles. The quantitative estimate of drug-likeness (QED) is 0.864. The molecule has 19 heavy (non-hydrogen) atoms. The van der Waals surface area contributed by atoms with Crippen molar-refractivity contribution in [2.24, 2.45) is 0 Å². The van der Waals surface area contributed by atoms with E-state index in [9.17, 15) is 5.11 Å². The fourth-order valence-corrected chi connectivity index (χ4v) is 2.00. The minimum Gasteiger partial charge on any atom is -0.504 e. The van der Waals surface area contributed by atoms with Gasteiger partial charge in [-0.25, -0.2) is 0 Å². The van der Waals surface area contributed by atoms with Crippen LogP contribution in [0.1, 0.15) is 24.1 Å². The largest absolute Gasteiger partial charge is 0.504 e. The maximum Gasteiger partial charge on any atom is 0.162 e. The molecule has 1 atom stereocenters. The van der Waals surface area contributed by atoms with Crippen molar-refractivity contribution in [1.82, 2.24) is 5.32 Å². The predicted octanol–water partition coefficient (Wildman–Crippen LogP) is 3.25. The summed E-state index contributed by atoms with van der Waals surface area (Å²) in [6.45, 7) is 2.70. The van der Waals surface area contributed by atoms with Gasteiger partial charge in [0, 0.05) is 18.2 Å².